The molecule has 0 radical (unpaired) electrons. The molecular formula is C13H17NO3. The van der Waals surface area contributed by atoms with Gasteiger partial charge in [-0.1, -0.05) is 24.3 Å². The summed E-state index contributed by atoms with van der Waals surface area (Å²) in [5.74, 6) is -0.201. The molecule has 1 amide bonds. The van der Waals surface area contributed by atoms with E-state index in [-0.39, 0.29) is 11.9 Å². The standard InChI is InChI=1S/C13H17NO3/c1-8(17-2)13(16)14-12-10-6-4-3-5-9(10)7-11(12)15/h3-6,8,11-12,15H,7H2,1-2H3,(H,14,16)/t8?,11-,12+/m1/s1. The van der Waals surface area contributed by atoms with E-state index in [4.69, 9.17) is 4.74 Å². The van der Waals surface area contributed by atoms with Gasteiger partial charge in [0.15, 0.2) is 0 Å². The molecule has 0 saturated heterocycles. The number of rotatable bonds is 3. The summed E-state index contributed by atoms with van der Waals surface area (Å²) in [6, 6.07) is 7.44. The van der Waals surface area contributed by atoms with Gasteiger partial charge in [0.1, 0.15) is 6.10 Å². The summed E-state index contributed by atoms with van der Waals surface area (Å²) in [5.41, 5.74) is 2.09. The summed E-state index contributed by atoms with van der Waals surface area (Å²) in [6.07, 6.45) is -0.474. The lowest BCUT2D eigenvalue weighted by atomic mass is 10.1. The number of aliphatic hydroxyl groups is 1. The van der Waals surface area contributed by atoms with Crippen LogP contribution in [0.3, 0.4) is 0 Å². The molecule has 2 rings (SSSR count). The molecule has 1 aromatic carbocycles. The van der Waals surface area contributed by atoms with Crippen molar-refractivity contribution in [2.75, 3.05) is 7.11 Å². The number of methoxy groups -OCH3 is 1. The second kappa shape index (κ2) is 4.85. The zero-order valence-electron chi connectivity index (χ0n) is 10.0. The molecule has 1 unspecified atom stereocenters. The fraction of sp³-hybridized carbons (Fsp3) is 0.462. The van der Waals surface area contributed by atoms with Crippen LogP contribution in [0.5, 0.6) is 0 Å². The molecule has 0 saturated carbocycles. The first kappa shape index (κ1) is 12.1. The van der Waals surface area contributed by atoms with E-state index >= 15 is 0 Å². The van der Waals surface area contributed by atoms with Gasteiger partial charge in [0, 0.05) is 13.5 Å². The Balaban J connectivity index is 2.14. The lowest BCUT2D eigenvalue weighted by Crippen LogP contribution is -2.39. The SMILES string of the molecule is COC(C)C(=O)N[C@H]1c2ccccc2C[C@H]1O. The Morgan fingerprint density at radius 2 is 2.24 bits per heavy atom. The summed E-state index contributed by atoms with van der Waals surface area (Å²) in [4.78, 5) is 11.7. The van der Waals surface area contributed by atoms with Crippen molar-refractivity contribution in [3.8, 4) is 0 Å². The van der Waals surface area contributed by atoms with E-state index in [1.807, 2.05) is 24.3 Å². The van der Waals surface area contributed by atoms with Gasteiger partial charge in [0.2, 0.25) is 5.91 Å². The molecule has 1 aliphatic rings. The predicted octanol–water partition coefficient (Wildman–Crippen LogP) is 0.796. The van der Waals surface area contributed by atoms with Crippen molar-refractivity contribution < 1.29 is 14.6 Å². The van der Waals surface area contributed by atoms with Crippen molar-refractivity contribution in [2.24, 2.45) is 0 Å². The molecule has 1 aliphatic carbocycles. The van der Waals surface area contributed by atoms with E-state index in [0.29, 0.717) is 6.42 Å². The summed E-state index contributed by atoms with van der Waals surface area (Å²) in [7, 11) is 1.49. The Morgan fingerprint density at radius 3 is 2.94 bits per heavy atom. The molecule has 0 aliphatic heterocycles. The molecule has 4 nitrogen and oxygen atoms in total. The zero-order valence-corrected chi connectivity index (χ0v) is 10.0. The van der Waals surface area contributed by atoms with Gasteiger partial charge in [0.05, 0.1) is 12.1 Å². The van der Waals surface area contributed by atoms with Crippen LogP contribution in [-0.4, -0.2) is 30.3 Å². The molecule has 17 heavy (non-hydrogen) atoms. The Labute approximate surface area is 101 Å². The Kier molecular flexibility index (Phi) is 3.45. The molecule has 0 spiro atoms. The van der Waals surface area contributed by atoms with E-state index < -0.39 is 12.2 Å². The number of carbonyl (C=O) groups excluding carboxylic acids is 1. The number of ether oxygens (including phenoxy) is 1. The summed E-state index contributed by atoms with van der Waals surface area (Å²) in [6.45, 7) is 1.68. The number of amides is 1. The normalized spacial score (nSPS) is 24.2. The average Bonchev–Trinajstić information content (AvgIpc) is 2.65. The third-order valence-corrected chi connectivity index (χ3v) is 3.22. The highest BCUT2D eigenvalue weighted by Gasteiger charge is 2.32. The number of fused-ring (bicyclic) bond motifs is 1. The molecule has 3 atom stereocenters. The lowest BCUT2D eigenvalue weighted by Gasteiger charge is -2.20. The highest BCUT2D eigenvalue weighted by atomic mass is 16.5. The number of nitrogens with one attached hydrogen (secondary N) is 1. The van der Waals surface area contributed by atoms with Gasteiger partial charge in [0.25, 0.3) is 0 Å². The van der Waals surface area contributed by atoms with Crippen molar-refractivity contribution in [2.45, 2.75) is 31.6 Å². The molecule has 1 aromatic rings. The topological polar surface area (TPSA) is 58.6 Å². The van der Waals surface area contributed by atoms with Crippen LogP contribution in [0.1, 0.15) is 24.1 Å². The largest absolute Gasteiger partial charge is 0.390 e. The van der Waals surface area contributed by atoms with Gasteiger partial charge in [-0.15, -0.1) is 0 Å². The highest BCUT2D eigenvalue weighted by molar-refractivity contribution is 5.81. The van der Waals surface area contributed by atoms with Crippen LogP contribution in [0.4, 0.5) is 0 Å². The number of benzene rings is 1. The number of aliphatic hydroxyl groups excluding tert-OH is 1. The Morgan fingerprint density at radius 1 is 1.53 bits per heavy atom. The van der Waals surface area contributed by atoms with E-state index in [9.17, 15) is 9.90 Å². The monoisotopic (exact) mass is 235 g/mol. The minimum absolute atomic E-state index is 0.201. The van der Waals surface area contributed by atoms with Gasteiger partial charge in [-0.25, -0.2) is 0 Å². The fourth-order valence-corrected chi connectivity index (χ4v) is 2.13. The number of hydrogen-bond acceptors (Lipinski definition) is 3. The second-order valence-electron chi connectivity index (χ2n) is 4.33. The smallest absolute Gasteiger partial charge is 0.249 e. The van der Waals surface area contributed by atoms with Crippen molar-refractivity contribution in [1.82, 2.24) is 5.32 Å². The van der Waals surface area contributed by atoms with Crippen molar-refractivity contribution >= 4 is 5.91 Å². The van der Waals surface area contributed by atoms with Crippen LogP contribution in [-0.2, 0) is 16.0 Å². The van der Waals surface area contributed by atoms with Crippen LogP contribution in [0.2, 0.25) is 0 Å². The molecule has 92 valence electrons. The van der Waals surface area contributed by atoms with Crippen LogP contribution in [0.15, 0.2) is 24.3 Å². The van der Waals surface area contributed by atoms with Gasteiger partial charge >= 0.3 is 0 Å². The zero-order chi connectivity index (χ0) is 12.4. The number of hydrogen-bond donors (Lipinski definition) is 2. The molecule has 0 aromatic heterocycles. The van der Waals surface area contributed by atoms with E-state index in [0.717, 1.165) is 11.1 Å². The summed E-state index contributed by atoms with van der Waals surface area (Å²) in [5, 5.41) is 12.8. The van der Waals surface area contributed by atoms with Crippen LogP contribution in [0, 0.1) is 0 Å². The van der Waals surface area contributed by atoms with E-state index in [1.54, 1.807) is 6.92 Å². The maximum atomic E-state index is 11.7. The van der Waals surface area contributed by atoms with E-state index in [2.05, 4.69) is 5.32 Å². The molecule has 0 bridgehead atoms. The molecular weight excluding hydrogens is 218 g/mol. The van der Waals surface area contributed by atoms with Gasteiger partial charge in [-0.3, -0.25) is 4.79 Å². The van der Waals surface area contributed by atoms with Crippen molar-refractivity contribution in [3.05, 3.63) is 35.4 Å². The van der Waals surface area contributed by atoms with E-state index in [1.165, 1.54) is 7.11 Å². The first-order chi connectivity index (χ1) is 8.13. The Hall–Kier alpha value is -1.39. The van der Waals surface area contributed by atoms with Crippen LogP contribution in [0.25, 0.3) is 0 Å². The lowest BCUT2D eigenvalue weighted by molar-refractivity contribution is -0.131. The third kappa shape index (κ3) is 2.33. The maximum absolute atomic E-state index is 11.7. The van der Waals surface area contributed by atoms with Crippen molar-refractivity contribution in [1.29, 1.82) is 0 Å². The summed E-state index contributed by atoms with van der Waals surface area (Å²) >= 11 is 0. The first-order valence-corrected chi connectivity index (χ1v) is 5.72. The van der Waals surface area contributed by atoms with Gasteiger partial charge in [-0.2, -0.15) is 0 Å². The van der Waals surface area contributed by atoms with Crippen LogP contribution < -0.4 is 5.32 Å². The predicted molar refractivity (Wildman–Crippen MR) is 63.5 cm³/mol. The molecule has 0 fully saturated rings. The third-order valence-electron chi connectivity index (χ3n) is 3.22. The minimum atomic E-state index is -0.555. The average molecular weight is 235 g/mol. The minimum Gasteiger partial charge on any atom is -0.390 e. The summed E-state index contributed by atoms with van der Waals surface area (Å²) < 4.78 is 4.95. The van der Waals surface area contributed by atoms with Gasteiger partial charge < -0.3 is 15.2 Å². The fourth-order valence-electron chi connectivity index (χ4n) is 2.13. The molecule has 4 heteroatoms. The quantitative estimate of drug-likeness (QED) is 0.814. The van der Waals surface area contributed by atoms with Crippen molar-refractivity contribution in [3.63, 3.8) is 0 Å². The molecule has 2 N–H and O–H groups in total. The second-order valence-corrected chi connectivity index (χ2v) is 4.33. The van der Waals surface area contributed by atoms with Crippen LogP contribution >= 0.6 is 0 Å². The Bertz CT molecular complexity index is 419. The highest BCUT2D eigenvalue weighted by Crippen LogP contribution is 2.31. The first-order valence-electron chi connectivity index (χ1n) is 5.72. The number of carbonyl (C=O) groups is 1. The van der Waals surface area contributed by atoms with Gasteiger partial charge in [-0.05, 0) is 18.1 Å². The molecule has 0 heterocycles. The maximum Gasteiger partial charge on any atom is 0.249 e.